The van der Waals surface area contributed by atoms with E-state index in [0.717, 1.165) is 31.7 Å². The number of nitrogens with one attached hydrogen (secondary N) is 1. The Bertz CT molecular complexity index is 1690. The minimum atomic E-state index is -3.27. The average molecular weight is 584 g/mol. The topological polar surface area (TPSA) is 114 Å². The Morgan fingerprint density at radius 2 is 1.90 bits per heavy atom. The molecular formula is C27H29N5O4S3. The number of anilines is 2. The zero-order chi connectivity index (χ0) is 27.9. The van der Waals surface area contributed by atoms with Gasteiger partial charge in [0.15, 0.2) is 20.1 Å². The monoisotopic (exact) mass is 583 g/mol. The first-order valence-electron chi connectivity index (χ1n) is 12.6. The van der Waals surface area contributed by atoms with E-state index in [4.69, 9.17) is 9.97 Å². The van der Waals surface area contributed by atoms with Gasteiger partial charge in [-0.2, -0.15) is 0 Å². The molecule has 0 saturated carbocycles. The van der Waals surface area contributed by atoms with Gasteiger partial charge in [-0.1, -0.05) is 55.6 Å². The third-order valence-corrected chi connectivity index (χ3v) is 10.5. The maximum absolute atomic E-state index is 12.7. The summed E-state index contributed by atoms with van der Waals surface area (Å²) in [5.74, 6) is 0.0999. The Kier molecular flexibility index (Phi) is 7.45. The van der Waals surface area contributed by atoms with Crippen LogP contribution in [0.25, 0.3) is 10.4 Å². The molecule has 0 radical (unpaired) electrons. The molecule has 39 heavy (non-hydrogen) atoms. The molecule has 1 aromatic carbocycles. The first kappa shape index (κ1) is 27.2. The number of nitrogens with zero attached hydrogens (tertiary/aromatic N) is 4. The van der Waals surface area contributed by atoms with Crippen molar-refractivity contribution in [1.82, 2.24) is 14.5 Å². The molecule has 204 valence electrons. The number of carbonyl (C=O) groups is 1. The molecule has 9 nitrogen and oxygen atoms in total. The Balaban J connectivity index is 1.29. The van der Waals surface area contributed by atoms with Crippen LogP contribution in [0.15, 0.2) is 58.5 Å². The number of aromatic nitrogens is 3. The van der Waals surface area contributed by atoms with Gasteiger partial charge in [-0.05, 0) is 29.7 Å². The van der Waals surface area contributed by atoms with Gasteiger partial charge in [-0.3, -0.25) is 9.59 Å². The summed E-state index contributed by atoms with van der Waals surface area (Å²) >= 11 is 3.05. The van der Waals surface area contributed by atoms with Crippen LogP contribution in [-0.2, 0) is 34.6 Å². The normalized spacial score (nSPS) is 15.1. The number of sulfone groups is 1. The number of carbonyl (C=O) groups excluding carboxylic acids is 1. The SMILES string of the molecule is CCS(=O)(=O)c1ccc(CC(=O)Nc2nc3c(s2)CN(c2ncc(-c4ccc(=O)n(C)c4)s2)[C@H]3C(C)C)cc1. The van der Waals surface area contributed by atoms with Crippen molar-refractivity contribution < 1.29 is 13.2 Å². The summed E-state index contributed by atoms with van der Waals surface area (Å²) in [4.78, 5) is 38.6. The summed E-state index contributed by atoms with van der Waals surface area (Å²) < 4.78 is 25.6. The van der Waals surface area contributed by atoms with E-state index in [9.17, 15) is 18.0 Å². The minimum Gasteiger partial charge on any atom is -0.334 e. The van der Waals surface area contributed by atoms with Gasteiger partial charge in [-0.25, -0.2) is 18.4 Å². The van der Waals surface area contributed by atoms with E-state index in [2.05, 4.69) is 24.1 Å². The van der Waals surface area contributed by atoms with Gasteiger partial charge >= 0.3 is 0 Å². The van der Waals surface area contributed by atoms with Gasteiger partial charge in [0.25, 0.3) is 0 Å². The van der Waals surface area contributed by atoms with Gasteiger partial charge in [0.05, 0.1) is 45.1 Å². The van der Waals surface area contributed by atoms with E-state index in [0.29, 0.717) is 11.7 Å². The highest BCUT2D eigenvalue weighted by atomic mass is 32.2. The van der Waals surface area contributed by atoms with Crippen molar-refractivity contribution in [2.45, 2.75) is 44.7 Å². The van der Waals surface area contributed by atoms with Gasteiger partial charge in [0.2, 0.25) is 11.5 Å². The molecular weight excluding hydrogens is 555 g/mol. The summed E-state index contributed by atoms with van der Waals surface area (Å²) in [6.45, 7) is 6.55. The highest BCUT2D eigenvalue weighted by molar-refractivity contribution is 7.91. The summed E-state index contributed by atoms with van der Waals surface area (Å²) in [5.41, 5.74) is 2.58. The molecule has 4 aromatic rings. The zero-order valence-electron chi connectivity index (χ0n) is 22.0. The molecule has 0 fully saturated rings. The Morgan fingerprint density at radius 3 is 2.56 bits per heavy atom. The van der Waals surface area contributed by atoms with Crippen molar-refractivity contribution in [2.24, 2.45) is 13.0 Å². The summed E-state index contributed by atoms with van der Waals surface area (Å²) in [5, 5.41) is 4.37. The Morgan fingerprint density at radius 1 is 1.15 bits per heavy atom. The van der Waals surface area contributed by atoms with E-state index in [-0.39, 0.29) is 40.5 Å². The lowest BCUT2D eigenvalue weighted by Gasteiger charge is -2.27. The van der Waals surface area contributed by atoms with Crippen molar-refractivity contribution in [3.05, 3.63) is 75.3 Å². The molecule has 3 aromatic heterocycles. The van der Waals surface area contributed by atoms with E-state index in [1.165, 1.54) is 11.3 Å². The van der Waals surface area contributed by atoms with Crippen LogP contribution in [0.3, 0.4) is 0 Å². The highest BCUT2D eigenvalue weighted by Crippen LogP contribution is 2.46. The third kappa shape index (κ3) is 5.54. The molecule has 1 aliphatic rings. The molecule has 1 N–H and O–H groups in total. The van der Waals surface area contributed by atoms with Gasteiger partial charge < -0.3 is 14.8 Å². The number of hydrogen-bond donors (Lipinski definition) is 1. The molecule has 5 rings (SSSR count). The van der Waals surface area contributed by atoms with E-state index < -0.39 is 9.84 Å². The molecule has 0 bridgehead atoms. The van der Waals surface area contributed by atoms with Crippen LogP contribution in [0.2, 0.25) is 0 Å². The van der Waals surface area contributed by atoms with Crippen LogP contribution in [0.4, 0.5) is 10.3 Å². The molecule has 1 amide bonds. The van der Waals surface area contributed by atoms with Gasteiger partial charge in [-0.15, -0.1) is 0 Å². The van der Waals surface area contributed by atoms with Crippen molar-refractivity contribution in [3.8, 4) is 10.4 Å². The van der Waals surface area contributed by atoms with Gasteiger partial charge in [0, 0.05) is 31.1 Å². The van der Waals surface area contributed by atoms with Crippen LogP contribution < -0.4 is 15.8 Å². The predicted molar refractivity (Wildman–Crippen MR) is 155 cm³/mol. The second-order valence-electron chi connectivity index (χ2n) is 9.79. The number of amides is 1. The fourth-order valence-electron chi connectivity index (χ4n) is 4.63. The molecule has 0 unspecified atom stereocenters. The lowest BCUT2D eigenvalue weighted by atomic mass is 10.0. The summed E-state index contributed by atoms with van der Waals surface area (Å²) in [6, 6.07) is 9.84. The fourth-order valence-corrected chi connectivity index (χ4v) is 7.47. The number of rotatable bonds is 8. The molecule has 0 spiro atoms. The fraction of sp³-hybridized carbons (Fsp3) is 0.333. The second-order valence-corrected chi connectivity index (χ2v) is 14.2. The first-order valence-corrected chi connectivity index (χ1v) is 15.8. The first-order chi connectivity index (χ1) is 18.6. The van der Waals surface area contributed by atoms with Crippen molar-refractivity contribution in [3.63, 3.8) is 0 Å². The van der Waals surface area contributed by atoms with E-state index in [1.807, 2.05) is 18.5 Å². The Labute approximate surface area is 235 Å². The number of aryl methyl sites for hydroxylation is 1. The predicted octanol–water partition coefficient (Wildman–Crippen LogP) is 4.66. The minimum absolute atomic E-state index is 0.0223. The van der Waals surface area contributed by atoms with Crippen molar-refractivity contribution in [2.75, 3.05) is 16.0 Å². The molecule has 12 heteroatoms. The molecule has 4 heterocycles. The van der Waals surface area contributed by atoms with Crippen LogP contribution in [0, 0.1) is 5.92 Å². The van der Waals surface area contributed by atoms with Crippen LogP contribution >= 0.6 is 22.7 Å². The van der Waals surface area contributed by atoms with Crippen molar-refractivity contribution in [1.29, 1.82) is 0 Å². The van der Waals surface area contributed by atoms with Crippen molar-refractivity contribution >= 4 is 48.7 Å². The third-order valence-electron chi connectivity index (χ3n) is 6.67. The Hall–Kier alpha value is -3.35. The number of benzene rings is 1. The maximum atomic E-state index is 12.7. The highest BCUT2D eigenvalue weighted by Gasteiger charge is 2.37. The van der Waals surface area contributed by atoms with Crippen LogP contribution in [0.5, 0.6) is 0 Å². The number of thiazole rings is 2. The van der Waals surface area contributed by atoms with Crippen LogP contribution in [-0.4, -0.2) is 34.6 Å². The summed E-state index contributed by atoms with van der Waals surface area (Å²) in [6.07, 6.45) is 3.79. The average Bonchev–Trinajstić information content (AvgIpc) is 3.60. The molecule has 0 saturated heterocycles. The smallest absolute Gasteiger partial charge is 0.250 e. The molecule has 0 aliphatic carbocycles. The lowest BCUT2D eigenvalue weighted by Crippen LogP contribution is -2.26. The number of pyridine rings is 1. The maximum Gasteiger partial charge on any atom is 0.250 e. The standard InChI is InChI=1S/C27H29N5O4S3/c1-5-39(35,36)19-9-6-17(7-10-19)12-22(33)29-26-30-24-21(37-26)15-32(25(24)16(2)3)27-28-13-20(38-27)18-8-11-23(34)31(4)14-18/h6-11,13-14,16,25H,5,12,15H2,1-4H3,(H,29,30,33)/t25-/m0/s1. The number of hydrogen-bond acceptors (Lipinski definition) is 9. The molecule has 1 atom stereocenters. The number of fused-ring (bicyclic) bond motifs is 1. The largest absolute Gasteiger partial charge is 0.334 e. The van der Waals surface area contributed by atoms with E-state index >= 15 is 0 Å². The lowest BCUT2D eigenvalue weighted by molar-refractivity contribution is -0.115. The van der Waals surface area contributed by atoms with E-state index in [1.54, 1.807) is 60.2 Å². The van der Waals surface area contributed by atoms with Crippen LogP contribution in [0.1, 0.15) is 42.9 Å². The zero-order valence-corrected chi connectivity index (χ0v) is 24.5. The second kappa shape index (κ2) is 10.7. The molecule has 1 aliphatic heterocycles. The summed E-state index contributed by atoms with van der Waals surface area (Å²) in [7, 11) is -1.54. The van der Waals surface area contributed by atoms with Gasteiger partial charge in [0.1, 0.15) is 0 Å². The quantitative estimate of drug-likeness (QED) is 0.321.